The minimum Gasteiger partial charge on any atom is -0.481 e. The predicted molar refractivity (Wildman–Crippen MR) is 105 cm³/mol. The van der Waals surface area contributed by atoms with Gasteiger partial charge in [0.1, 0.15) is 5.78 Å². The third-order valence-corrected chi connectivity index (χ3v) is 4.76. The highest BCUT2D eigenvalue weighted by Gasteiger charge is 2.10. The second-order valence-corrected chi connectivity index (χ2v) is 7.43. The van der Waals surface area contributed by atoms with Crippen molar-refractivity contribution in [3.05, 3.63) is 0 Å². The molecule has 0 aromatic rings. The molecule has 0 aromatic carbocycles. The Morgan fingerprint density at radius 1 is 0.760 bits per heavy atom. The van der Waals surface area contributed by atoms with Gasteiger partial charge in [-0.2, -0.15) is 0 Å². The molecule has 0 heterocycles. The van der Waals surface area contributed by atoms with Gasteiger partial charge in [-0.25, -0.2) is 0 Å². The van der Waals surface area contributed by atoms with Crippen LogP contribution in [0.15, 0.2) is 0 Å². The van der Waals surface area contributed by atoms with E-state index in [1.54, 1.807) is 0 Å². The second-order valence-electron chi connectivity index (χ2n) is 7.43. The molecule has 1 unspecified atom stereocenters. The van der Waals surface area contributed by atoms with Crippen molar-refractivity contribution in [3.63, 3.8) is 0 Å². The van der Waals surface area contributed by atoms with Gasteiger partial charge in [0, 0.05) is 25.3 Å². The number of nitrogens with two attached hydrogens (primary N) is 1. The number of ketones is 1. The molecule has 0 radical (unpaired) electrons. The van der Waals surface area contributed by atoms with Crippen LogP contribution in [0.3, 0.4) is 0 Å². The predicted octanol–water partition coefficient (Wildman–Crippen LogP) is 5.62. The van der Waals surface area contributed by atoms with E-state index in [9.17, 15) is 9.59 Å². The van der Waals surface area contributed by atoms with Crippen molar-refractivity contribution >= 4 is 11.8 Å². The fourth-order valence-corrected chi connectivity index (χ4v) is 3.18. The summed E-state index contributed by atoms with van der Waals surface area (Å²) in [4.78, 5) is 22.1. The Hall–Kier alpha value is -0.900. The Labute approximate surface area is 154 Å². The monoisotopic (exact) mass is 355 g/mol. The first-order valence-corrected chi connectivity index (χ1v) is 10.5. The van der Waals surface area contributed by atoms with Crippen LogP contribution >= 0.6 is 0 Å². The molecule has 0 aromatic heterocycles. The molecule has 0 aliphatic carbocycles. The summed E-state index contributed by atoms with van der Waals surface area (Å²) >= 11 is 0. The van der Waals surface area contributed by atoms with E-state index >= 15 is 0 Å². The smallest absolute Gasteiger partial charge is 0.303 e. The molecule has 25 heavy (non-hydrogen) atoms. The highest BCUT2D eigenvalue weighted by atomic mass is 16.4. The summed E-state index contributed by atoms with van der Waals surface area (Å²) in [6.07, 6.45) is 18.1. The fourth-order valence-electron chi connectivity index (χ4n) is 3.18. The van der Waals surface area contributed by atoms with Gasteiger partial charge in [-0.05, 0) is 12.8 Å². The van der Waals surface area contributed by atoms with Crippen molar-refractivity contribution in [1.29, 1.82) is 0 Å². The van der Waals surface area contributed by atoms with Crippen molar-refractivity contribution < 1.29 is 14.7 Å². The third kappa shape index (κ3) is 19.3. The molecule has 0 spiro atoms. The van der Waals surface area contributed by atoms with E-state index in [0.717, 1.165) is 12.8 Å². The maximum absolute atomic E-state index is 11.7. The largest absolute Gasteiger partial charge is 0.481 e. The molecule has 0 fully saturated rings. The molecule has 3 N–H and O–H groups in total. The third-order valence-electron chi connectivity index (χ3n) is 4.76. The molecular weight excluding hydrogens is 314 g/mol. The van der Waals surface area contributed by atoms with Crippen molar-refractivity contribution in [3.8, 4) is 0 Å². The Morgan fingerprint density at radius 2 is 1.24 bits per heavy atom. The molecule has 0 aliphatic rings. The van der Waals surface area contributed by atoms with Crippen LogP contribution in [0.1, 0.15) is 116 Å². The van der Waals surface area contributed by atoms with Gasteiger partial charge >= 0.3 is 5.97 Å². The summed E-state index contributed by atoms with van der Waals surface area (Å²) < 4.78 is 0. The van der Waals surface area contributed by atoms with E-state index < -0.39 is 5.97 Å². The highest BCUT2D eigenvalue weighted by Crippen LogP contribution is 2.13. The summed E-state index contributed by atoms with van der Waals surface area (Å²) in [6, 6.07) is -0.0551. The first-order valence-electron chi connectivity index (χ1n) is 10.5. The number of aliphatic carboxylic acids is 1. The number of carboxylic acids is 1. The summed E-state index contributed by atoms with van der Waals surface area (Å²) in [6.45, 7) is 2.26. The van der Waals surface area contributed by atoms with E-state index in [1.807, 2.05) is 0 Å². The van der Waals surface area contributed by atoms with E-state index in [4.69, 9.17) is 10.8 Å². The van der Waals surface area contributed by atoms with Crippen LogP contribution in [-0.4, -0.2) is 22.9 Å². The first kappa shape index (κ1) is 24.1. The van der Waals surface area contributed by atoms with Gasteiger partial charge in [0.25, 0.3) is 0 Å². The van der Waals surface area contributed by atoms with Gasteiger partial charge in [0.15, 0.2) is 0 Å². The average Bonchev–Trinajstić information content (AvgIpc) is 2.55. The number of carbonyl (C=O) groups excluding carboxylic acids is 1. The number of rotatable bonds is 19. The van der Waals surface area contributed by atoms with Crippen molar-refractivity contribution in [2.24, 2.45) is 5.73 Å². The Bertz CT molecular complexity index is 331. The van der Waals surface area contributed by atoms with E-state index in [-0.39, 0.29) is 18.2 Å². The van der Waals surface area contributed by atoms with Crippen molar-refractivity contribution in [2.75, 3.05) is 0 Å². The lowest BCUT2D eigenvalue weighted by Gasteiger charge is -2.10. The lowest BCUT2D eigenvalue weighted by atomic mass is 10.00. The molecule has 148 valence electrons. The highest BCUT2D eigenvalue weighted by molar-refractivity contribution is 5.79. The molecule has 0 aliphatic heterocycles. The van der Waals surface area contributed by atoms with Crippen LogP contribution in [0.4, 0.5) is 0 Å². The molecule has 4 heteroatoms. The van der Waals surface area contributed by atoms with Gasteiger partial charge in [-0.3, -0.25) is 9.59 Å². The Kier molecular flexibility index (Phi) is 17.3. The zero-order chi connectivity index (χ0) is 18.8. The standard InChI is InChI=1S/C21H41NO3/c1-2-3-4-5-6-7-8-9-10-11-12-13-15-19(22)18-20(23)16-14-17-21(24)25/h19H,2-18,22H2,1H3,(H,24,25). The Morgan fingerprint density at radius 3 is 1.72 bits per heavy atom. The van der Waals surface area contributed by atoms with Crippen LogP contribution < -0.4 is 5.73 Å². The molecule has 0 rings (SSSR count). The van der Waals surface area contributed by atoms with Gasteiger partial charge in [0.05, 0.1) is 0 Å². The minimum atomic E-state index is -0.839. The summed E-state index contributed by atoms with van der Waals surface area (Å²) in [5.41, 5.74) is 6.00. The van der Waals surface area contributed by atoms with E-state index in [2.05, 4.69) is 6.92 Å². The average molecular weight is 356 g/mol. The van der Waals surface area contributed by atoms with Crippen LogP contribution in [0.2, 0.25) is 0 Å². The lowest BCUT2D eigenvalue weighted by molar-refractivity contribution is -0.137. The summed E-state index contributed by atoms with van der Waals surface area (Å²) in [5, 5.41) is 8.55. The summed E-state index contributed by atoms with van der Waals surface area (Å²) in [5.74, 6) is -0.735. The number of Topliss-reactive ketones (excluding diaryl/α,β-unsaturated/α-hetero) is 1. The normalized spacial score (nSPS) is 12.2. The fraction of sp³-hybridized carbons (Fsp3) is 0.905. The topological polar surface area (TPSA) is 80.4 Å². The molecule has 0 saturated carbocycles. The number of hydrogen-bond acceptors (Lipinski definition) is 3. The first-order chi connectivity index (χ1) is 12.1. The second kappa shape index (κ2) is 17.9. The van der Waals surface area contributed by atoms with Crippen molar-refractivity contribution in [1.82, 2.24) is 0 Å². The number of hydrogen-bond donors (Lipinski definition) is 2. The summed E-state index contributed by atoms with van der Waals surface area (Å²) in [7, 11) is 0. The van der Waals surface area contributed by atoms with Crippen LogP contribution in [0.5, 0.6) is 0 Å². The van der Waals surface area contributed by atoms with Gasteiger partial charge in [-0.15, -0.1) is 0 Å². The number of carboxylic acid groups (broad SMARTS) is 1. The molecule has 0 amide bonds. The maximum Gasteiger partial charge on any atom is 0.303 e. The maximum atomic E-state index is 11.7. The zero-order valence-electron chi connectivity index (χ0n) is 16.4. The molecule has 4 nitrogen and oxygen atoms in total. The molecule has 1 atom stereocenters. The van der Waals surface area contributed by atoms with Gasteiger partial charge < -0.3 is 10.8 Å². The van der Waals surface area contributed by atoms with Crippen LogP contribution in [0, 0.1) is 0 Å². The van der Waals surface area contributed by atoms with Crippen LogP contribution in [-0.2, 0) is 9.59 Å². The Balaban J connectivity index is 3.30. The van der Waals surface area contributed by atoms with E-state index in [1.165, 1.54) is 70.6 Å². The van der Waals surface area contributed by atoms with Gasteiger partial charge in [0.2, 0.25) is 0 Å². The van der Waals surface area contributed by atoms with E-state index in [0.29, 0.717) is 19.3 Å². The lowest BCUT2D eigenvalue weighted by Crippen LogP contribution is -2.23. The molecule has 0 bridgehead atoms. The molecular formula is C21H41NO3. The van der Waals surface area contributed by atoms with Crippen molar-refractivity contribution in [2.45, 2.75) is 122 Å². The number of unbranched alkanes of at least 4 members (excludes halogenated alkanes) is 11. The minimum absolute atomic E-state index is 0.0551. The number of carbonyl (C=O) groups is 2. The van der Waals surface area contributed by atoms with Gasteiger partial charge in [-0.1, -0.05) is 84.0 Å². The molecule has 0 saturated heterocycles. The van der Waals surface area contributed by atoms with Crippen LogP contribution in [0.25, 0.3) is 0 Å². The SMILES string of the molecule is CCCCCCCCCCCCCCC(N)CC(=O)CCCC(=O)O. The zero-order valence-corrected chi connectivity index (χ0v) is 16.4. The quantitative estimate of drug-likeness (QED) is 0.295.